The van der Waals surface area contributed by atoms with Crippen LogP contribution in [-0.4, -0.2) is 42.5 Å². The standard InChI is InChI=1S/C17H33N3O/c1-5-20-10-6-7-13(20)11-19-16(21)14-8-9-15(18)12(2)17(14,3)4/h12-15H,5-11,18H2,1-4H3,(H,19,21). The lowest BCUT2D eigenvalue weighted by molar-refractivity contribution is -0.132. The second-order valence-corrected chi connectivity index (χ2v) is 7.57. The van der Waals surface area contributed by atoms with Gasteiger partial charge in [-0.1, -0.05) is 27.7 Å². The van der Waals surface area contributed by atoms with Gasteiger partial charge in [0.1, 0.15) is 0 Å². The highest BCUT2D eigenvalue weighted by atomic mass is 16.1. The second kappa shape index (κ2) is 6.66. The molecule has 0 bridgehead atoms. The fraction of sp³-hybridized carbons (Fsp3) is 0.941. The number of amides is 1. The van der Waals surface area contributed by atoms with Gasteiger partial charge in [-0.15, -0.1) is 0 Å². The van der Waals surface area contributed by atoms with Crippen LogP contribution in [0.1, 0.15) is 53.4 Å². The quantitative estimate of drug-likeness (QED) is 0.834. The van der Waals surface area contributed by atoms with E-state index in [4.69, 9.17) is 5.73 Å². The molecule has 0 radical (unpaired) electrons. The topological polar surface area (TPSA) is 58.4 Å². The zero-order chi connectivity index (χ0) is 15.6. The molecule has 0 aromatic carbocycles. The molecule has 1 aliphatic heterocycles. The molecule has 1 heterocycles. The van der Waals surface area contributed by atoms with Gasteiger partial charge < -0.3 is 11.1 Å². The Morgan fingerprint density at radius 3 is 2.71 bits per heavy atom. The van der Waals surface area contributed by atoms with Gasteiger partial charge in [-0.2, -0.15) is 0 Å². The zero-order valence-corrected chi connectivity index (χ0v) is 14.2. The summed E-state index contributed by atoms with van der Waals surface area (Å²) in [6.45, 7) is 11.9. The molecular weight excluding hydrogens is 262 g/mol. The number of carbonyl (C=O) groups excluding carboxylic acids is 1. The molecule has 4 heteroatoms. The van der Waals surface area contributed by atoms with E-state index in [1.54, 1.807) is 0 Å². The third-order valence-corrected chi connectivity index (χ3v) is 6.24. The third kappa shape index (κ3) is 3.42. The van der Waals surface area contributed by atoms with Crippen molar-refractivity contribution in [3.05, 3.63) is 0 Å². The number of nitrogens with zero attached hydrogens (tertiary/aromatic N) is 1. The Hall–Kier alpha value is -0.610. The highest BCUT2D eigenvalue weighted by Gasteiger charge is 2.45. The van der Waals surface area contributed by atoms with Crippen molar-refractivity contribution in [3.63, 3.8) is 0 Å². The Balaban J connectivity index is 1.91. The molecule has 0 aromatic heterocycles. The van der Waals surface area contributed by atoms with E-state index in [0.717, 1.165) is 25.9 Å². The molecule has 4 unspecified atom stereocenters. The number of likely N-dealkylation sites (tertiary alicyclic amines) is 1. The van der Waals surface area contributed by atoms with Crippen molar-refractivity contribution >= 4 is 5.91 Å². The minimum absolute atomic E-state index is 0.0120. The number of hydrogen-bond acceptors (Lipinski definition) is 3. The summed E-state index contributed by atoms with van der Waals surface area (Å²) < 4.78 is 0. The van der Waals surface area contributed by atoms with Crippen LogP contribution in [0.2, 0.25) is 0 Å². The van der Waals surface area contributed by atoms with Crippen LogP contribution in [0.4, 0.5) is 0 Å². The molecule has 3 N–H and O–H groups in total. The van der Waals surface area contributed by atoms with E-state index in [0.29, 0.717) is 12.0 Å². The Labute approximate surface area is 129 Å². The molecule has 1 saturated heterocycles. The van der Waals surface area contributed by atoms with Gasteiger partial charge >= 0.3 is 0 Å². The molecule has 1 saturated carbocycles. The van der Waals surface area contributed by atoms with E-state index in [2.05, 4.69) is 37.9 Å². The summed E-state index contributed by atoms with van der Waals surface area (Å²) in [5, 5.41) is 3.23. The van der Waals surface area contributed by atoms with Crippen LogP contribution >= 0.6 is 0 Å². The summed E-state index contributed by atoms with van der Waals surface area (Å²) >= 11 is 0. The third-order valence-electron chi connectivity index (χ3n) is 6.24. The lowest BCUT2D eigenvalue weighted by Crippen LogP contribution is -2.52. The molecule has 0 aromatic rings. The van der Waals surface area contributed by atoms with E-state index in [1.165, 1.54) is 19.4 Å². The Morgan fingerprint density at radius 2 is 2.05 bits per heavy atom. The van der Waals surface area contributed by atoms with E-state index in [-0.39, 0.29) is 23.3 Å². The first-order valence-corrected chi connectivity index (χ1v) is 8.65. The monoisotopic (exact) mass is 295 g/mol. The largest absolute Gasteiger partial charge is 0.354 e. The van der Waals surface area contributed by atoms with Gasteiger partial charge in [0.25, 0.3) is 0 Å². The van der Waals surface area contributed by atoms with Gasteiger partial charge in [0.15, 0.2) is 0 Å². The van der Waals surface area contributed by atoms with Crippen LogP contribution in [-0.2, 0) is 4.79 Å². The van der Waals surface area contributed by atoms with E-state index >= 15 is 0 Å². The van der Waals surface area contributed by atoms with Crippen LogP contribution in [0.5, 0.6) is 0 Å². The van der Waals surface area contributed by atoms with Crippen molar-refractivity contribution in [2.24, 2.45) is 23.0 Å². The van der Waals surface area contributed by atoms with Crippen molar-refractivity contribution in [1.29, 1.82) is 0 Å². The number of likely N-dealkylation sites (N-methyl/N-ethyl adjacent to an activating group) is 1. The predicted molar refractivity (Wildman–Crippen MR) is 86.9 cm³/mol. The molecule has 2 aliphatic rings. The van der Waals surface area contributed by atoms with Crippen molar-refractivity contribution in [3.8, 4) is 0 Å². The summed E-state index contributed by atoms with van der Waals surface area (Å²) in [6.07, 6.45) is 4.36. The highest BCUT2D eigenvalue weighted by Crippen LogP contribution is 2.44. The van der Waals surface area contributed by atoms with Gasteiger partial charge in [0.2, 0.25) is 5.91 Å². The Kier molecular flexibility index (Phi) is 5.31. The van der Waals surface area contributed by atoms with E-state index in [1.807, 2.05) is 0 Å². The highest BCUT2D eigenvalue weighted by molar-refractivity contribution is 5.79. The zero-order valence-electron chi connectivity index (χ0n) is 14.2. The van der Waals surface area contributed by atoms with Gasteiger partial charge in [0, 0.05) is 24.5 Å². The average molecular weight is 295 g/mol. The van der Waals surface area contributed by atoms with Crippen LogP contribution in [0, 0.1) is 17.3 Å². The maximum absolute atomic E-state index is 12.6. The molecule has 2 rings (SSSR count). The van der Waals surface area contributed by atoms with Crippen molar-refractivity contribution < 1.29 is 4.79 Å². The van der Waals surface area contributed by atoms with Gasteiger partial charge in [-0.05, 0) is 50.1 Å². The van der Waals surface area contributed by atoms with Crippen LogP contribution in [0.3, 0.4) is 0 Å². The molecule has 21 heavy (non-hydrogen) atoms. The number of nitrogens with two attached hydrogens (primary N) is 1. The number of carbonyl (C=O) groups is 1. The molecule has 4 nitrogen and oxygen atoms in total. The smallest absolute Gasteiger partial charge is 0.223 e. The van der Waals surface area contributed by atoms with E-state index < -0.39 is 0 Å². The van der Waals surface area contributed by atoms with Gasteiger partial charge in [-0.3, -0.25) is 9.69 Å². The minimum Gasteiger partial charge on any atom is -0.354 e. The first kappa shape index (κ1) is 16.8. The molecule has 2 fully saturated rings. The fourth-order valence-corrected chi connectivity index (χ4v) is 4.20. The minimum atomic E-state index is -0.0120. The summed E-state index contributed by atoms with van der Waals surface area (Å²) in [5.74, 6) is 0.728. The van der Waals surface area contributed by atoms with Crippen LogP contribution < -0.4 is 11.1 Å². The van der Waals surface area contributed by atoms with E-state index in [9.17, 15) is 4.79 Å². The number of hydrogen-bond donors (Lipinski definition) is 2. The maximum Gasteiger partial charge on any atom is 0.223 e. The molecular formula is C17H33N3O. The normalized spacial score (nSPS) is 36.6. The van der Waals surface area contributed by atoms with Crippen molar-refractivity contribution in [2.75, 3.05) is 19.6 Å². The van der Waals surface area contributed by atoms with Crippen LogP contribution in [0.15, 0.2) is 0 Å². The van der Waals surface area contributed by atoms with Gasteiger partial charge in [-0.25, -0.2) is 0 Å². The molecule has 122 valence electrons. The summed E-state index contributed by atoms with van der Waals surface area (Å²) in [5.41, 5.74) is 6.18. The Morgan fingerprint density at radius 1 is 1.33 bits per heavy atom. The second-order valence-electron chi connectivity index (χ2n) is 7.57. The van der Waals surface area contributed by atoms with Gasteiger partial charge in [0.05, 0.1) is 0 Å². The summed E-state index contributed by atoms with van der Waals surface area (Å²) in [7, 11) is 0. The fourth-order valence-electron chi connectivity index (χ4n) is 4.20. The average Bonchev–Trinajstić information content (AvgIpc) is 2.90. The number of rotatable bonds is 4. The molecule has 1 amide bonds. The first-order valence-electron chi connectivity index (χ1n) is 8.65. The molecule has 0 spiro atoms. The molecule has 1 aliphatic carbocycles. The summed E-state index contributed by atoms with van der Waals surface area (Å²) in [6, 6.07) is 0.764. The predicted octanol–water partition coefficient (Wildman–Crippen LogP) is 1.99. The lowest BCUT2D eigenvalue weighted by Gasteiger charge is -2.46. The lowest BCUT2D eigenvalue weighted by atomic mass is 9.61. The van der Waals surface area contributed by atoms with Crippen molar-refractivity contribution in [1.82, 2.24) is 10.2 Å². The Bertz CT molecular complexity index is 369. The van der Waals surface area contributed by atoms with Crippen LogP contribution in [0.25, 0.3) is 0 Å². The first-order chi connectivity index (χ1) is 9.87. The maximum atomic E-state index is 12.6. The molecule has 4 atom stereocenters. The van der Waals surface area contributed by atoms with Crippen molar-refractivity contribution in [2.45, 2.75) is 65.5 Å². The number of nitrogens with one attached hydrogen (secondary N) is 1. The summed E-state index contributed by atoms with van der Waals surface area (Å²) in [4.78, 5) is 15.1. The SMILES string of the molecule is CCN1CCCC1CNC(=O)C1CCC(N)C(C)C1(C)C.